The number of hydrogen-bond acceptors (Lipinski definition) is 7. The smallest absolute Gasteiger partial charge is 0.313 e. The van der Waals surface area contributed by atoms with Crippen LogP contribution in [0.3, 0.4) is 0 Å². The Bertz CT molecular complexity index is 1230. The molecule has 9 nitrogen and oxygen atoms in total. The summed E-state index contributed by atoms with van der Waals surface area (Å²) >= 11 is 0. The molecular weight excluding hydrogens is 522 g/mol. The maximum absolute atomic E-state index is 14.7. The molecule has 41 heavy (non-hydrogen) atoms. The molecule has 0 radical (unpaired) electrons. The maximum Gasteiger partial charge on any atom is 0.313 e. The zero-order valence-electron chi connectivity index (χ0n) is 24.8. The standard InChI is InChI=1S/C32H43N3O6/c1-6-21(4)24(20-36)35-27-29(38)34(23-14-12-22(13-15-23)33(7-2)8-3)18-11-17-32(27)25(28(35)37)26-30(39)40-19-10-9-16-31(26,5)41-32/h9,11-17,21,24-27,36H,6-8,10,18-20H2,1-5H3/t21-,24-,25-,26+,27?,31-,32-/m0/s1. The lowest BCUT2D eigenvalue weighted by atomic mass is 9.74. The Hall–Kier alpha value is -3.17. The molecule has 1 unspecified atom stereocenters. The summed E-state index contributed by atoms with van der Waals surface area (Å²) in [6, 6.07) is 6.20. The number of aliphatic hydroxyl groups excluding tert-OH is 1. The van der Waals surface area contributed by atoms with Crippen molar-refractivity contribution in [3.8, 4) is 0 Å². The van der Waals surface area contributed by atoms with E-state index in [-0.39, 0.29) is 37.5 Å². The molecule has 222 valence electrons. The summed E-state index contributed by atoms with van der Waals surface area (Å²) in [4.78, 5) is 48.1. The monoisotopic (exact) mass is 565 g/mol. The number of carbonyl (C=O) groups excluding carboxylic acids is 3. The highest BCUT2D eigenvalue weighted by Gasteiger charge is 2.75. The quantitative estimate of drug-likeness (QED) is 0.381. The number of benzene rings is 1. The first kappa shape index (κ1) is 29.3. The number of hydrogen-bond donors (Lipinski definition) is 1. The van der Waals surface area contributed by atoms with Crippen molar-refractivity contribution in [2.45, 2.75) is 70.7 Å². The molecule has 4 aliphatic heterocycles. The lowest BCUT2D eigenvalue weighted by Crippen LogP contribution is -2.60. The summed E-state index contributed by atoms with van der Waals surface area (Å²) in [5, 5.41) is 10.6. The van der Waals surface area contributed by atoms with E-state index in [0.29, 0.717) is 18.5 Å². The second-order valence-electron chi connectivity index (χ2n) is 11.8. The first-order chi connectivity index (χ1) is 19.7. The molecule has 9 heteroatoms. The van der Waals surface area contributed by atoms with E-state index in [9.17, 15) is 19.5 Å². The zero-order valence-corrected chi connectivity index (χ0v) is 24.8. The molecule has 1 aromatic carbocycles. The van der Waals surface area contributed by atoms with Crippen molar-refractivity contribution >= 4 is 29.2 Å². The van der Waals surface area contributed by atoms with Crippen molar-refractivity contribution in [1.29, 1.82) is 0 Å². The zero-order chi connectivity index (χ0) is 29.5. The number of amides is 2. The normalized spacial score (nSPS) is 32.4. The maximum atomic E-state index is 14.7. The molecule has 4 heterocycles. The number of anilines is 2. The fourth-order valence-electron chi connectivity index (χ4n) is 7.26. The van der Waals surface area contributed by atoms with Crippen LogP contribution < -0.4 is 9.80 Å². The van der Waals surface area contributed by atoms with Gasteiger partial charge >= 0.3 is 5.97 Å². The van der Waals surface area contributed by atoms with E-state index in [1.165, 1.54) is 4.90 Å². The van der Waals surface area contributed by atoms with Crippen LogP contribution in [0.15, 0.2) is 48.6 Å². The number of rotatable bonds is 8. The van der Waals surface area contributed by atoms with Gasteiger partial charge in [-0.25, -0.2) is 0 Å². The number of nitrogens with zero attached hydrogens (tertiary/aromatic N) is 3. The average molecular weight is 566 g/mol. The van der Waals surface area contributed by atoms with Gasteiger partial charge < -0.3 is 29.3 Å². The van der Waals surface area contributed by atoms with E-state index in [0.717, 1.165) is 18.8 Å². The largest absolute Gasteiger partial charge is 0.465 e. The fraction of sp³-hybridized carbons (Fsp3) is 0.594. The lowest BCUT2D eigenvalue weighted by molar-refractivity contribution is -0.160. The van der Waals surface area contributed by atoms with Gasteiger partial charge in [-0.2, -0.15) is 0 Å². The minimum Gasteiger partial charge on any atom is -0.465 e. The second kappa shape index (κ2) is 11.2. The van der Waals surface area contributed by atoms with Crippen LogP contribution in [0.5, 0.6) is 0 Å². The summed E-state index contributed by atoms with van der Waals surface area (Å²) in [5.74, 6) is -3.11. The van der Waals surface area contributed by atoms with Gasteiger partial charge in [-0.05, 0) is 57.4 Å². The molecule has 2 fully saturated rings. The van der Waals surface area contributed by atoms with Crippen molar-refractivity contribution < 1.29 is 29.0 Å². The predicted octanol–water partition coefficient (Wildman–Crippen LogP) is 3.32. The third-order valence-electron chi connectivity index (χ3n) is 9.59. The van der Waals surface area contributed by atoms with Crippen molar-refractivity contribution in [1.82, 2.24) is 4.90 Å². The highest BCUT2D eigenvalue weighted by molar-refractivity contribution is 6.06. The molecule has 5 rings (SSSR count). The number of ether oxygens (including phenoxy) is 2. The van der Waals surface area contributed by atoms with Crippen LogP contribution >= 0.6 is 0 Å². The molecule has 2 saturated heterocycles. The molecule has 1 aromatic rings. The number of carbonyl (C=O) groups is 3. The summed E-state index contributed by atoms with van der Waals surface area (Å²) in [6.45, 7) is 11.9. The van der Waals surface area contributed by atoms with Crippen molar-refractivity contribution in [2.24, 2.45) is 17.8 Å². The average Bonchev–Trinajstić information content (AvgIpc) is 3.28. The third-order valence-corrected chi connectivity index (χ3v) is 9.59. The highest BCUT2D eigenvalue weighted by atomic mass is 16.6. The Morgan fingerprint density at radius 2 is 1.73 bits per heavy atom. The molecule has 1 N–H and O–H groups in total. The van der Waals surface area contributed by atoms with Gasteiger partial charge in [0.25, 0.3) is 5.91 Å². The van der Waals surface area contributed by atoms with Crippen LogP contribution in [0.25, 0.3) is 0 Å². The number of likely N-dealkylation sites (tertiary alicyclic amines) is 1. The van der Waals surface area contributed by atoms with Gasteiger partial charge in [-0.15, -0.1) is 0 Å². The van der Waals surface area contributed by atoms with E-state index in [1.54, 1.807) is 11.8 Å². The molecule has 1 spiro atoms. The summed E-state index contributed by atoms with van der Waals surface area (Å²) in [7, 11) is 0. The Morgan fingerprint density at radius 3 is 2.37 bits per heavy atom. The molecule has 4 aliphatic rings. The van der Waals surface area contributed by atoms with Gasteiger partial charge in [0.1, 0.15) is 17.6 Å². The Balaban J connectivity index is 1.63. The minimum atomic E-state index is -1.39. The van der Waals surface area contributed by atoms with Crippen LogP contribution in [-0.4, -0.2) is 83.9 Å². The van der Waals surface area contributed by atoms with Crippen molar-refractivity contribution in [3.63, 3.8) is 0 Å². The summed E-state index contributed by atoms with van der Waals surface area (Å²) in [5.41, 5.74) is -0.741. The molecule has 0 aromatic heterocycles. The van der Waals surface area contributed by atoms with Gasteiger partial charge in [-0.1, -0.05) is 44.6 Å². The van der Waals surface area contributed by atoms with E-state index in [1.807, 2.05) is 62.4 Å². The lowest BCUT2D eigenvalue weighted by Gasteiger charge is -2.41. The number of fused-ring (bicyclic) bond motifs is 2. The topological polar surface area (TPSA) is 99.6 Å². The molecule has 0 aliphatic carbocycles. The SMILES string of the molecule is CC[C@H](C)[C@H](CO)N1C(=O)[C@@H]2[C@@H]3C(=O)OCCC=C[C@]3(C)O[C@@]23C=CCN(c2ccc(N(CC)CC)cc2)C(=O)C13. The minimum absolute atomic E-state index is 0.0859. The molecule has 0 bridgehead atoms. The van der Waals surface area contributed by atoms with Gasteiger partial charge in [0.2, 0.25) is 5.91 Å². The molecular formula is C32H43N3O6. The van der Waals surface area contributed by atoms with E-state index in [4.69, 9.17) is 9.47 Å². The van der Waals surface area contributed by atoms with Crippen molar-refractivity contribution in [2.75, 3.05) is 42.6 Å². The summed E-state index contributed by atoms with van der Waals surface area (Å²) < 4.78 is 12.4. The second-order valence-corrected chi connectivity index (χ2v) is 11.8. The molecule has 0 saturated carbocycles. The number of aliphatic hydroxyl groups is 1. The Kier molecular flexibility index (Phi) is 8.05. The summed E-state index contributed by atoms with van der Waals surface area (Å²) in [6.07, 6.45) is 8.71. The van der Waals surface area contributed by atoms with Crippen LogP contribution in [0, 0.1) is 17.8 Å². The number of cyclic esters (lactones) is 1. The Morgan fingerprint density at radius 1 is 1.02 bits per heavy atom. The van der Waals surface area contributed by atoms with Gasteiger partial charge in [0.05, 0.1) is 30.8 Å². The third kappa shape index (κ3) is 4.57. The first-order valence-electron chi connectivity index (χ1n) is 15.0. The van der Waals surface area contributed by atoms with Gasteiger partial charge in [0, 0.05) is 31.0 Å². The van der Waals surface area contributed by atoms with Crippen LogP contribution in [0.4, 0.5) is 11.4 Å². The molecule has 7 atom stereocenters. The van der Waals surface area contributed by atoms with Crippen LogP contribution in [0.1, 0.15) is 47.5 Å². The van der Waals surface area contributed by atoms with Crippen LogP contribution in [0.2, 0.25) is 0 Å². The Labute approximate surface area is 242 Å². The van der Waals surface area contributed by atoms with Crippen LogP contribution in [-0.2, 0) is 23.9 Å². The van der Waals surface area contributed by atoms with Gasteiger partial charge in [0.15, 0.2) is 0 Å². The van der Waals surface area contributed by atoms with E-state index < -0.39 is 41.1 Å². The fourth-order valence-corrected chi connectivity index (χ4v) is 7.26. The predicted molar refractivity (Wildman–Crippen MR) is 156 cm³/mol. The number of esters is 1. The van der Waals surface area contributed by atoms with Gasteiger partial charge in [-0.3, -0.25) is 14.4 Å². The van der Waals surface area contributed by atoms with E-state index in [2.05, 4.69) is 18.7 Å². The van der Waals surface area contributed by atoms with E-state index >= 15 is 0 Å². The van der Waals surface area contributed by atoms with Crippen molar-refractivity contribution in [3.05, 3.63) is 48.6 Å². The molecule has 2 amide bonds. The first-order valence-corrected chi connectivity index (χ1v) is 15.0. The highest BCUT2D eigenvalue weighted by Crippen LogP contribution is 2.58.